The Balaban J connectivity index is 0.986. The van der Waals surface area contributed by atoms with Gasteiger partial charge in [-0.1, -0.05) is 42.3 Å². The number of ketones is 1. The third-order valence-corrected chi connectivity index (χ3v) is 17.2. The smallest absolute Gasteiger partial charge is 0.409 e. The zero-order valence-electron chi connectivity index (χ0n) is 43.2. The number of aliphatic hydroxyl groups is 1. The standard InChI is InChI=1S/C52H68ClN5O15S/c1-28-10-9-11-39(70-8)52(68)25-37(71-50(67)54-52)29(2)47-51(4,73-47)40(24-44(63)56(6)34-21-32(20-28)22-36(69-7)46(34)53)72-49(66)30(3)55(5)41(60)18-19-74-38-23-45(64)58(48(38)65)26-31-12-14-33(15-13-31)35(59)27-57-42(61)16-17-43(57)62/h9-11,21-22,29-31,33,37-40,47,68H,12-20,23-27H2,1-8H3,(H,54,67)/b11-9+,28-10+/t29-,30+,31?,33?,37+,38+,39-,40+,47+,51+,52+/m1/s1. The molecule has 0 unspecified atom stereocenters. The number of imide groups is 2. The number of halogens is 1. The van der Waals surface area contributed by atoms with Crippen LogP contribution >= 0.6 is 23.4 Å². The summed E-state index contributed by atoms with van der Waals surface area (Å²) in [7, 11) is 5.86. The summed E-state index contributed by atoms with van der Waals surface area (Å²) in [5.74, 6) is -3.62. The summed E-state index contributed by atoms with van der Waals surface area (Å²) in [4.78, 5) is 123. The lowest BCUT2D eigenvalue weighted by molar-refractivity contribution is -0.162. The zero-order valence-corrected chi connectivity index (χ0v) is 44.8. The van der Waals surface area contributed by atoms with Crippen LogP contribution in [0, 0.1) is 17.8 Å². The minimum absolute atomic E-state index is 0.00187. The van der Waals surface area contributed by atoms with Crippen molar-refractivity contribution in [1.29, 1.82) is 0 Å². The molecule has 9 atom stereocenters. The normalized spacial score (nSPS) is 32.2. The molecular formula is C52H68ClN5O15S. The third kappa shape index (κ3) is 12.3. The second-order valence-electron chi connectivity index (χ2n) is 20.6. The van der Waals surface area contributed by atoms with Gasteiger partial charge in [0.25, 0.3) is 0 Å². The molecule has 0 spiro atoms. The van der Waals surface area contributed by atoms with Crippen LogP contribution in [0.3, 0.4) is 0 Å². The molecule has 1 aliphatic carbocycles. The van der Waals surface area contributed by atoms with E-state index in [9.17, 15) is 48.3 Å². The fourth-order valence-corrected chi connectivity index (χ4v) is 12.1. The summed E-state index contributed by atoms with van der Waals surface area (Å²) in [5.41, 5.74) is -1.21. The number of esters is 1. The number of methoxy groups -OCH3 is 2. The van der Waals surface area contributed by atoms with Gasteiger partial charge in [-0.2, -0.15) is 0 Å². The first kappa shape index (κ1) is 56.4. The Hall–Kier alpha value is -5.35. The van der Waals surface area contributed by atoms with Crippen molar-refractivity contribution in [3.8, 4) is 5.75 Å². The highest BCUT2D eigenvalue weighted by molar-refractivity contribution is 8.00. The van der Waals surface area contributed by atoms with Gasteiger partial charge in [-0.3, -0.25) is 48.7 Å². The largest absolute Gasteiger partial charge is 0.495 e. The number of nitrogens with zero attached hydrogens (tertiary/aromatic N) is 4. The van der Waals surface area contributed by atoms with Crippen LogP contribution in [-0.4, -0.2) is 167 Å². The van der Waals surface area contributed by atoms with E-state index in [0.29, 0.717) is 43.5 Å². The second-order valence-corrected chi connectivity index (χ2v) is 22.3. The van der Waals surface area contributed by atoms with Gasteiger partial charge < -0.3 is 38.6 Å². The monoisotopic (exact) mass is 1070 g/mol. The van der Waals surface area contributed by atoms with E-state index >= 15 is 0 Å². The van der Waals surface area contributed by atoms with E-state index in [1.807, 2.05) is 13.0 Å². The van der Waals surface area contributed by atoms with Crippen LogP contribution in [0.1, 0.15) is 97.5 Å². The summed E-state index contributed by atoms with van der Waals surface area (Å²) >= 11 is 8.00. The molecule has 7 amide bonds. The van der Waals surface area contributed by atoms with E-state index in [1.54, 1.807) is 45.2 Å². The fraction of sp³-hybridized carbons (Fsp3) is 0.635. The lowest BCUT2D eigenvalue weighted by atomic mass is 9.79. The van der Waals surface area contributed by atoms with Crippen molar-refractivity contribution in [2.45, 2.75) is 145 Å². The van der Waals surface area contributed by atoms with Gasteiger partial charge in [0.15, 0.2) is 11.5 Å². The number of hydrogen-bond acceptors (Lipinski definition) is 16. The Morgan fingerprint density at radius 2 is 1.69 bits per heavy atom. The molecule has 1 aromatic carbocycles. The molecule has 0 aromatic heterocycles. The second kappa shape index (κ2) is 23.3. The Bertz CT molecular complexity index is 2460. The maximum Gasteiger partial charge on any atom is 0.409 e. The van der Waals surface area contributed by atoms with Crippen LogP contribution < -0.4 is 15.0 Å². The molecule has 7 rings (SSSR count). The number of hydrogen-bond donors (Lipinski definition) is 2. The predicted molar refractivity (Wildman–Crippen MR) is 270 cm³/mol. The van der Waals surface area contributed by atoms with Gasteiger partial charge >= 0.3 is 12.1 Å². The van der Waals surface area contributed by atoms with Gasteiger partial charge in [0.1, 0.15) is 40.7 Å². The first-order valence-corrected chi connectivity index (χ1v) is 26.6. The number of anilines is 1. The third-order valence-electron chi connectivity index (χ3n) is 15.6. The lowest BCUT2D eigenvalue weighted by Crippen LogP contribution is -2.63. The van der Waals surface area contributed by atoms with E-state index in [-0.39, 0.29) is 97.2 Å². The summed E-state index contributed by atoms with van der Waals surface area (Å²) in [6, 6.07) is 2.38. The molecule has 5 heterocycles. The fourth-order valence-electron chi connectivity index (χ4n) is 10.7. The Morgan fingerprint density at radius 1 is 1.00 bits per heavy atom. The molecule has 20 nitrogen and oxygen atoms in total. The number of nitrogens with one attached hydrogen (secondary N) is 1. The number of ether oxygens (including phenoxy) is 5. The van der Waals surface area contributed by atoms with Crippen LogP contribution in [0.2, 0.25) is 5.02 Å². The molecule has 1 saturated carbocycles. The van der Waals surface area contributed by atoms with E-state index in [1.165, 1.54) is 54.7 Å². The Kier molecular flexibility index (Phi) is 17.7. The number of carbonyl (C=O) groups excluding carboxylic acids is 9. The Morgan fingerprint density at radius 3 is 2.35 bits per heavy atom. The average molecular weight is 1070 g/mol. The van der Waals surface area contributed by atoms with Gasteiger partial charge in [-0.25, -0.2) is 9.59 Å². The predicted octanol–water partition coefficient (Wildman–Crippen LogP) is 4.29. The molecular weight excluding hydrogens is 1000 g/mol. The first-order valence-electron chi connectivity index (χ1n) is 25.1. The number of Topliss-reactive ketones (excluding diaryl/α,β-unsaturated/α-hetero) is 1. The lowest BCUT2D eigenvalue weighted by Gasteiger charge is -2.42. The molecule has 4 saturated heterocycles. The summed E-state index contributed by atoms with van der Waals surface area (Å²) < 4.78 is 29.4. The zero-order chi connectivity index (χ0) is 54.0. The number of fused-ring (bicyclic) bond motifs is 5. The van der Waals surface area contributed by atoms with Crippen molar-refractivity contribution < 1.29 is 71.9 Å². The van der Waals surface area contributed by atoms with Crippen LogP contribution in [0.5, 0.6) is 5.75 Å². The number of likely N-dealkylation sites (tertiary alicyclic amines) is 2. The maximum atomic E-state index is 14.4. The van der Waals surface area contributed by atoms with Crippen LogP contribution in [-0.2, 0) is 63.7 Å². The number of allylic oxidation sites excluding steroid dienone is 3. The van der Waals surface area contributed by atoms with Crippen molar-refractivity contribution in [2.24, 2.45) is 17.8 Å². The molecule has 404 valence electrons. The van der Waals surface area contributed by atoms with Crippen LogP contribution in [0.4, 0.5) is 10.5 Å². The summed E-state index contributed by atoms with van der Waals surface area (Å²) in [6.45, 7) is 6.84. The molecule has 74 heavy (non-hydrogen) atoms. The maximum absolute atomic E-state index is 14.4. The quantitative estimate of drug-likeness (QED) is 0.150. The number of thioether (sulfide) groups is 1. The molecule has 5 fully saturated rings. The molecule has 0 radical (unpaired) electrons. The van der Waals surface area contributed by atoms with Crippen molar-refractivity contribution >= 4 is 82.3 Å². The molecule has 6 aliphatic rings. The molecule has 1 aromatic rings. The highest BCUT2D eigenvalue weighted by atomic mass is 35.5. The van der Waals surface area contributed by atoms with Crippen LogP contribution in [0.25, 0.3) is 0 Å². The van der Waals surface area contributed by atoms with Gasteiger partial charge in [0.05, 0.1) is 37.1 Å². The molecule has 2 N–H and O–H groups in total. The van der Waals surface area contributed by atoms with Gasteiger partial charge in [0.2, 0.25) is 35.4 Å². The molecule has 22 heteroatoms. The minimum atomic E-state index is -1.89. The van der Waals surface area contributed by atoms with E-state index < -0.39 is 83.2 Å². The van der Waals surface area contributed by atoms with E-state index in [4.69, 9.17) is 35.3 Å². The SMILES string of the molecule is COc1cc2cc(c1Cl)N(C)C(=O)C[C@H](OC(=O)[C@H](C)N(C)C(=O)CCS[C@H]1CC(=O)N(CC3CCC(C(=O)CN4C(=O)CCC4=O)CC3)C1=O)[C@]1(C)O[C@H]1[C@H](C)[C@@H]1C[C@@](O)(NC(=O)O1)[C@H](OC)/C=C/C=C(\C)C2. The highest BCUT2D eigenvalue weighted by Crippen LogP contribution is 2.49. The Labute approximate surface area is 440 Å². The first-order chi connectivity index (χ1) is 35.0. The van der Waals surface area contributed by atoms with Gasteiger partial charge in [0, 0.05) is 77.4 Å². The summed E-state index contributed by atoms with van der Waals surface area (Å²) in [5, 5.41) is 13.8. The number of amides is 7. The number of rotatable bonds is 14. The van der Waals surface area contributed by atoms with E-state index in [0.717, 1.165) is 16.0 Å². The molecule has 5 aliphatic heterocycles. The van der Waals surface area contributed by atoms with E-state index in [2.05, 4.69) is 5.32 Å². The average Bonchev–Trinajstić information content (AvgIpc) is 3.87. The number of alkyl carbamates (subject to hydrolysis) is 1. The number of epoxide rings is 1. The van der Waals surface area contributed by atoms with Crippen molar-refractivity contribution in [2.75, 3.05) is 52.1 Å². The number of likely N-dealkylation sites (N-methyl/N-ethyl adjacent to an activating group) is 1. The topological polar surface area (TPSA) is 248 Å². The van der Waals surface area contributed by atoms with Gasteiger partial charge in [-0.05, 0) is 76.5 Å². The number of carbonyl (C=O) groups is 9. The number of benzene rings is 1. The summed E-state index contributed by atoms with van der Waals surface area (Å²) in [6.07, 6.45) is 2.77. The minimum Gasteiger partial charge on any atom is -0.495 e. The van der Waals surface area contributed by atoms with Crippen molar-refractivity contribution in [3.05, 3.63) is 46.5 Å². The highest BCUT2D eigenvalue weighted by Gasteiger charge is 2.64. The van der Waals surface area contributed by atoms with Crippen LogP contribution in [0.15, 0.2) is 35.9 Å². The van der Waals surface area contributed by atoms with Gasteiger partial charge in [-0.15, -0.1) is 11.8 Å². The van der Waals surface area contributed by atoms with Crippen molar-refractivity contribution in [1.82, 2.24) is 20.0 Å². The van der Waals surface area contributed by atoms with Crippen molar-refractivity contribution in [3.63, 3.8) is 0 Å². The molecule has 4 bridgehead atoms.